The molecule has 0 saturated carbocycles. The number of nitrogens with one attached hydrogen (secondary N) is 2. The van der Waals surface area contributed by atoms with Gasteiger partial charge in [0.25, 0.3) is 5.91 Å². The van der Waals surface area contributed by atoms with Gasteiger partial charge in [0.1, 0.15) is 21.5 Å². The molecule has 2 aliphatic rings. The molecule has 2 aromatic heterocycles. The van der Waals surface area contributed by atoms with Crippen molar-refractivity contribution in [1.82, 2.24) is 30.6 Å². The van der Waals surface area contributed by atoms with Crippen LogP contribution in [-0.4, -0.2) is 63.6 Å². The Kier molecular flexibility index (Phi) is 5.75. The van der Waals surface area contributed by atoms with Crippen LogP contribution < -0.4 is 22.2 Å². The molecule has 1 saturated heterocycles. The highest BCUT2D eigenvalue weighted by Crippen LogP contribution is 2.30. The van der Waals surface area contributed by atoms with Gasteiger partial charge in [-0.2, -0.15) is 0 Å². The topological polar surface area (TPSA) is 146 Å². The molecule has 0 bridgehead atoms. The van der Waals surface area contributed by atoms with E-state index in [2.05, 4.69) is 25.6 Å². The number of anilines is 1. The zero-order chi connectivity index (χ0) is 21.3. The molecule has 0 aliphatic carbocycles. The molecule has 0 unspecified atom stereocenters. The third-order valence-electron chi connectivity index (χ3n) is 5.24. The third kappa shape index (κ3) is 4.18. The molecule has 7 N–H and O–H groups in total. The van der Waals surface area contributed by atoms with Crippen LogP contribution in [0.2, 0.25) is 0 Å². The summed E-state index contributed by atoms with van der Waals surface area (Å²) in [6, 6.07) is 5.06. The summed E-state index contributed by atoms with van der Waals surface area (Å²) in [7, 11) is 1.93. The lowest BCUT2D eigenvalue weighted by molar-refractivity contribution is 0.0960. The van der Waals surface area contributed by atoms with E-state index in [1.165, 1.54) is 6.07 Å². The maximum Gasteiger partial charge on any atom is 0.277 e. The molecule has 4 heterocycles. The van der Waals surface area contributed by atoms with E-state index in [1.54, 1.807) is 12.1 Å². The molecule has 2 aromatic rings. The second kappa shape index (κ2) is 8.46. The third-order valence-corrected chi connectivity index (χ3v) is 6.15. The number of carbonyl (C=O) groups excluding carboxylic acids is 1. The van der Waals surface area contributed by atoms with E-state index in [0.717, 1.165) is 55.2 Å². The van der Waals surface area contributed by atoms with Crippen LogP contribution in [0.1, 0.15) is 29.8 Å². The van der Waals surface area contributed by atoms with Crippen LogP contribution in [0.25, 0.3) is 10.7 Å². The first-order valence-electron chi connectivity index (χ1n) is 9.87. The minimum atomic E-state index is -0.369. The fourth-order valence-electron chi connectivity index (χ4n) is 3.73. The van der Waals surface area contributed by atoms with Gasteiger partial charge in [0.15, 0.2) is 5.69 Å². The molecule has 11 heteroatoms. The second-order valence-electron chi connectivity index (χ2n) is 7.44. The van der Waals surface area contributed by atoms with Gasteiger partial charge >= 0.3 is 0 Å². The summed E-state index contributed by atoms with van der Waals surface area (Å²) in [6.45, 7) is 2.24. The van der Waals surface area contributed by atoms with Crippen LogP contribution in [0, 0.1) is 0 Å². The number of carbonyl (C=O) groups is 1. The van der Waals surface area contributed by atoms with Gasteiger partial charge in [0.05, 0.1) is 12.2 Å². The van der Waals surface area contributed by atoms with Crippen molar-refractivity contribution < 1.29 is 9.90 Å². The Balaban J connectivity index is 1.56. The Morgan fingerprint density at radius 2 is 2.17 bits per heavy atom. The summed E-state index contributed by atoms with van der Waals surface area (Å²) in [4.78, 5) is 23.6. The van der Waals surface area contributed by atoms with Gasteiger partial charge in [-0.15, -0.1) is 0 Å². The van der Waals surface area contributed by atoms with Gasteiger partial charge in [-0.25, -0.2) is 15.4 Å². The number of nitrogens with zero attached hydrogens (tertiary/aromatic N) is 4. The maximum atomic E-state index is 13.0. The van der Waals surface area contributed by atoms with E-state index in [9.17, 15) is 9.90 Å². The van der Waals surface area contributed by atoms with E-state index in [4.69, 9.17) is 11.5 Å². The number of hydrogen-bond acceptors (Lipinski definition) is 10. The summed E-state index contributed by atoms with van der Waals surface area (Å²) >= 11 is 1.16. The number of amides is 1. The lowest BCUT2D eigenvalue weighted by atomic mass is 10.1. The first kappa shape index (κ1) is 20.4. The van der Waals surface area contributed by atoms with Crippen LogP contribution in [0.3, 0.4) is 0 Å². The molecule has 1 fully saturated rings. The van der Waals surface area contributed by atoms with Gasteiger partial charge in [0, 0.05) is 32.2 Å². The lowest BCUT2D eigenvalue weighted by Gasteiger charge is -2.29. The number of nitrogens with two attached hydrogens (primary N) is 2. The zero-order valence-corrected chi connectivity index (χ0v) is 17.6. The average Bonchev–Trinajstić information content (AvgIpc) is 3.20. The number of hydrazine groups is 1. The standard InChI is InChI=1S/C19H26N8O2S/c1-26-19(27-8-3-4-11(20)7-9-27)13(10-22-26)24-17(29)15-16(21)30-18(25-15)12-5-2-6-14(28)23-12/h2,5-6,11,22H,3-4,7-10,20-21H2,1H3,(H,23,28)(H,24,29)/t11-/m0/s1. The number of rotatable bonds is 4. The summed E-state index contributed by atoms with van der Waals surface area (Å²) in [5.74, 6) is 0.465. The Labute approximate surface area is 178 Å². The van der Waals surface area contributed by atoms with Crippen molar-refractivity contribution >= 4 is 22.2 Å². The molecule has 10 nitrogen and oxygen atoms in total. The van der Waals surface area contributed by atoms with Gasteiger partial charge in [-0.05, 0) is 25.3 Å². The van der Waals surface area contributed by atoms with Crippen molar-refractivity contribution in [2.24, 2.45) is 5.73 Å². The Bertz CT molecular complexity index is 975. The summed E-state index contributed by atoms with van der Waals surface area (Å²) in [5.41, 5.74) is 16.8. The minimum Gasteiger partial charge on any atom is -0.493 e. The van der Waals surface area contributed by atoms with E-state index >= 15 is 0 Å². The second-order valence-corrected chi connectivity index (χ2v) is 8.47. The van der Waals surface area contributed by atoms with Crippen molar-refractivity contribution in [3.05, 3.63) is 35.4 Å². The number of thiazole rings is 1. The van der Waals surface area contributed by atoms with Crippen LogP contribution in [0.15, 0.2) is 29.7 Å². The number of pyridine rings is 1. The van der Waals surface area contributed by atoms with Crippen LogP contribution in [0.4, 0.5) is 5.00 Å². The summed E-state index contributed by atoms with van der Waals surface area (Å²) in [5, 5.41) is 15.3. The minimum absolute atomic E-state index is 0.112. The van der Waals surface area contributed by atoms with Crippen molar-refractivity contribution in [1.29, 1.82) is 0 Å². The first-order valence-corrected chi connectivity index (χ1v) is 10.7. The number of aromatic nitrogens is 2. The predicted molar refractivity (Wildman–Crippen MR) is 115 cm³/mol. The van der Waals surface area contributed by atoms with Crippen LogP contribution in [-0.2, 0) is 0 Å². The molecule has 4 rings (SSSR count). The van der Waals surface area contributed by atoms with E-state index in [0.29, 0.717) is 22.2 Å². The Hall–Kier alpha value is -2.89. The fraction of sp³-hybridized carbons (Fsp3) is 0.421. The van der Waals surface area contributed by atoms with Crippen LogP contribution >= 0.6 is 11.3 Å². The molecule has 30 heavy (non-hydrogen) atoms. The van der Waals surface area contributed by atoms with E-state index in [1.807, 2.05) is 12.1 Å². The van der Waals surface area contributed by atoms with Crippen molar-refractivity contribution in [3.63, 3.8) is 0 Å². The Morgan fingerprint density at radius 3 is 2.97 bits per heavy atom. The summed E-state index contributed by atoms with van der Waals surface area (Å²) in [6.07, 6.45) is 2.93. The molecular formula is C19H26N8O2S. The van der Waals surface area contributed by atoms with Crippen molar-refractivity contribution in [3.8, 4) is 16.6 Å². The van der Waals surface area contributed by atoms with Gasteiger partial charge in [-0.1, -0.05) is 17.4 Å². The highest BCUT2D eigenvalue weighted by Gasteiger charge is 2.28. The molecule has 1 atom stereocenters. The van der Waals surface area contributed by atoms with E-state index < -0.39 is 0 Å². The Morgan fingerprint density at radius 1 is 1.33 bits per heavy atom. The smallest absolute Gasteiger partial charge is 0.277 e. The fourth-order valence-corrected chi connectivity index (χ4v) is 4.53. The average molecular weight is 431 g/mol. The normalized spacial score (nSPS) is 19.9. The number of hydrogen-bond donors (Lipinski definition) is 5. The molecule has 0 spiro atoms. The largest absolute Gasteiger partial charge is 0.493 e. The van der Waals surface area contributed by atoms with Gasteiger partial charge < -0.3 is 26.8 Å². The van der Waals surface area contributed by atoms with E-state index in [-0.39, 0.29) is 23.5 Å². The number of likely N-dealkylation sites (tertiary alicyclic amines) is 1. The molecule has 0 aromatic carbocycles. The quantitative estimate of drug-likeness (QED) is 0.472. The molecule has 0 radical (unpaired) electrons. The first-order chi connectivity index (χ1) is 14.4. The molecule has 160 valence electrons. The van der Waals surface area contributed by atoms with Crippen molar-refractivity contribution in [2.45, 2.75) is 25.3 Å². The summed E-state index contributed by atoms with van der Waals surface area (Å²) < 4.78 is 0. The molecule has 2 aliphatic heterocycles. The molecular weight excluding hydrogens is 404 g/mol. The maximum absolute atomic E-state index is 13.0. The lowest BCUT2D eigenvalue weighted by Crippen LogP contribution is -2.37. The SMILES string of the molecule is CN1NCC(NC(=O)c2nc(-c3cccc(O)n3)sc2N)=C1N1CCC[C@H](N)CC1. The monoisotopic (exact) mass is 430 g/mol. The predicted octanol–water partition coefficient (Wildman–Crippen LogP) is 0.655. The van der Waals surface area contributed by atoms with Gasteiger partial charge in [-0.3, -0.25) is 9.80 Å². The molecule has 1 amide bonds. The van der Waals surface area contributed by atoms with Crippen LogP contribution in [0.5, 0.6) is 5.88 Å². The van der Waals surface area contributed by atoms with Crippen molar-refractivity contribution in [2.75, 3.05) is 32.4 Å². The zero-order valence-electron chi connectivity index (χ0n) is 16.8. The highest BCUT2D eigenvalue weighted by atomic mass is 32.1. The van der Waals surface area contributed by atoms with Gasteiger partial charge in [0.2, 0.25) is 5.88 Å². The highest BCUT2D eigenvalue weighted by molar-refractivity contribution is 7.19. The number of aromatic hydroxyl groups is 1. The number of nitrogen functional groups attached to an aromatic ring is 1.